The van der Waals surface area contributed by atoms with Crippen LogP contribution in [-0.2, 0) is 0 Å². The fourth-order valence-corrected chi connectivity index (χ4v) is 3.94. The largest absolute Gasteiger partial charge is 0.369 e. The standard InChI is InChI=1S/C14H13BrFN3S/c1-8-11(15)6-13(20-8)12-7-18-14(17)19(12)10-4-2-3-9(16)5-10/h2-6,12H,7H2,1H3,(H2,17,18). The molecule has 2 aromatic rings. The third kappa shape index (κ3) is 2.33. The average Bonchev–Trinajstić information content (AvgIpc) is 2.93. The van der Waals surface area contributed by atoms with Crippen LogP contribution in [0.2, 0.25) is 0 Å². The topological polar surface area (TPSA) is 41.6 Å². The summed E-state index contributed by atoms with van der Waals surface area (Å²) < 4.78 is 14.5. The number of aryl methyl sites for hydroxylation is 1. The Labute approximate surface area is 129 Å². The van der Waals surface area contributed by atoms with Crippen molar-refractivity contribution in [2.24, 2.45) is 10.7 Å². The molecule has 1 aliphatic heterocycles. The van der Waals surface area contributed by atoms with E-state index in [1.807, 2.05) is 11.0 Å². The van der Waals surface area contributed by atoms with Gasteiger partial charge in [0.1, 0.15) is 5.82 Å². The van der Waals surface area contributed by atoms with Gasteiger partial charge in [0, 0.05) is 19.9 Å². The average molecular weight is 354 g/mol. The van der Waals surface area contributed by atoms with Gasteiger partial charge in [-0.2, -0.15) is 0 Å². The van der Waals surface area contributed by atoms with E-state index in [2.05, 4.69) is 33.9 Å². The molecule has 6 heteroatoms. The molecule has 1 aromatic carbocycles. The van der Waals surface area contributed by atoms with Crippen molar-refractivity contribution >= 4 is 38.9 Å². The van der Waals surface area contributed by atoms with Crippen LogP contribution in [0, 0.1) is 12.7 Å². The Kier molecular flexibility index (Phi) is 3.52. The molecule has 0 aliphatic carbocycles. The van der Waals surface area contributed by atoms with E-state index in [0.29, 0.717) is 12.5 Å². The molecular weight excluding hydrogens is 341 g/mol. The summed E-state index contributed by atoms with van der Waals surface area (Å²) in [5.74, 6) is 0.160. The molecule has 20 heavy (non-hydrogen) atoms. The number of nitrogens with zero attached hydrogens (tertiary/aromatic N) is 2. The second-order valence-electron chi connectivity index (χ2n) is 4.62. The van der Waals surface area contributed by atoms with Crippen molar-refractivity contribution in [2.45, 2.75) is 13.0 Å². The van der Waals surface area contributed by atoms with Crippen LogP contribution >= 0.6 is 27.3 Å². The summed E-state index contributed by atoms with van der Waals surface area (Å²) in [4.78, 5) is 8.58. The van der Waals surface area contributed by atoms with E-state index in [4.69, 9.17) is 5.73 Å². The number of anilines is 1. The van der Waals surface area contributed by atoms with Crippen LogP contribution in [0.3, 0.4) is 0 Å². The van der Waals surface area contributed by atoms with Gasteiger partial charge in [0.2, 0.25) is 0 Å². The summed E-state index contributed by atoms with van der Waals surface area (Å²) in [5.41, 5.74) is 6.71. The minimum atomic E-state index is -0.274. The maximum Gasteiger partial charge on any atom is 0.196 e. The Bertz CT molecular complexity index is 663. The number of nitrogens with two attached hydrogens (primary N) is 1. The summed E-state index contributed by atoms with van der Waals surface area (Å²) in [6, 6.07) is 8.56. The highest BCUT2D eigenvalue weighted by molar-refractivity contribution is 9.10. The minimum absolute atomic E-state index is 0.0341. The number of thiophene rings is 1. The molecule has 3 rings (SSSR count). The molecule has 1 unspecified atom stereocenters. The molecular formula is C14H13BrFN3S. The molecule has 0 spiro atoms. The molecule has 0 saturated carbocycles. The number of hydrogen-bond acceptors (Lipinski definition) is 4. The van der Waals surface area contributed by atoms with E-state index in [9.17, 15) is 4.39 Å². The van der Waals surface area contributed by atoms with Crippen LogP contribution in [0.15, 0.2) is 39.8 Å². The molecule has 1 aromatic heterocycles. The molecule has 1 atom stereocenters. The van der Waals surface area contributed by atoms with Gasteiger partial charge in [0.15, 0.2) is 5.96 Å². The third-order valence-electron chi connectivity index (χ3n) is 3.28. The molecule has 104 valence electrons. The van der Waals surface area contributed by atoms with Crippen molar-refractivity contribution in [1.82, 2.24) is 0 Å². The summed E-state index contributed by atoms with van der Waals surface area (Å²) in [6.07, 6.45) is 0. The number of rotatable bonds is 2. The highest BCUT2D eigenvalue weighted by Gasteiger charge is 2.30. The first-order valence-electron chi connectivity index (χ1n) is 6.17. The number of hydrogen-bond donors (Lipinski definition) is 1. The van der Waals surface area contributed by atoms with E-state index >= 15 is 0 Å². The number of benzene rings is 1. The molecule has 2 N–H and O–H groups in total. The summed E-state index contributed by atoms with van der Waals surface area (Å²) in [6.45, 7) is 2.65. The van der Waals surface area contributed by atoms with Crippen molar-refractivity contribution in [1.29, 1.82) is 0 Å². The normalized spacial score (nSPS) is 18.4. The smallest absolute Gasteiger partial charge is 0.196 e. The quantitative estimate of drug-likeness (QED) is 0.891. The van der Waals surface area contributed by atoms with E-state index in [-0.39, 0.29) is 11.9 Å². The molecule has 0 bridgehead atoms. The SMILES string of the molecule is Cc1sc(C2CN=C(N)N2c2cccc(F)c2)cc1Br. The van der Waals surface area contributed by atoms with Gasteiger partial charge in [-0.25, -0.2) is 4.39 Å². The van der Waals surface area contributed by atoms with Gasteiger partial charge in [0.25, 0.3) is 0 Å². The zero-order chi connectivity index (χ0) is 14.3. The van der Waals surface area contributed by atoms with E-state index in [1.54, 1.807) is 17.4 Å². The maximum atomic E-state index is 13.4. The van der Waals surface area contributed by atoms with Crippen molar-refractivity contribution < 1.29 is 4.39 Å². The highest BCUT2D eigenvalue weighted by Crippen LogP contribution is 2.37. The van der Waals surface area contributed by atoms with E-state index < -0.39 is 0 Å². The molecule has 0 fully saturated rings. The van der Waals surface area contributed by atoms with Gasteiger partial charge >= 0.3 is 0 Å². The van der Waals surface area contributed by atoms with Gasteiger partial charge in [-0.15, -0.1) is 11.3 Å². The number of halogens is 2. The van der Waals surface area contributed by atoms with Gasteiger partial charge in [-0.1, -0.05) is 6.07 Å². The zero-order valence-corrected chi connectivity index (χ0v) is 13.2. The summed E-state index contributed by atoms with van der Waals surface area (Å²) in [7, 11) is 0. The van der Waals surface area contributed by atoms with E-state index in [0.717, 1.165) is 10.2 Å². The Morgan fingerprint density at radius 3 is 2.90 bits per heavy atom. The lowest BCUT2D eigenvalue weighted by Crippen LogP contribution is -2.35. The first kappa shape index (κ1) is 13.6. The van der Waals surface area contributed by atoms with Crippen LogP contribution < -0.4 is 10.6 Å². The number of aliphatic imine (C=N–C) groups is 1. The van der Waals surface area contributed by atoms with Crippen molar-refractivity contribution in [3.8, 4) is 0 Å². The molecule has 0 saturated heterocycles. The van der Waals surface area contributed by atoms with Gasteiger partial charge in [0.05, 0.1) is 12.6 Å². The van der Waals surface area contributed by atoms with Gasteiger partial charge < -0.3 is 10.6 Å². The highest BCUT2D eigenvalue weighted by atomic mass is 79.9. The minimum Gasteiger partial charge on any atom is -0.369 e. The monoisotopic (exact) mass is 353 g/mol. The Balaban J connectivity index is 2.00. The van der Waals surface area contributed by atoms with Crippen molar-refractivity contribution in [2.75, 3.05) is 11.4 Å². The molecule has 3 nitrogen and oxygen atoms in total. The predicted octanol–water partition coefficient (Wildman–Crippen LogP) is 3.83. The zero-order valence-electron chi connectivity index (χ0n) is 10.8. The Morgan fingerprint density at radius 1 is 1.45 bits per heavy atom. The van der Waals surface area contributed by atoms with Crippen LogP contribution in [0.5, 0.6) is 0 Å². The first-order chi connectivity index (χ1) is 9.56. The fourth-order valence-electron chi connectivity index (χ4n) is 2.30. The second-order valence-corrected chi connectivity index (χ2v) is 6.76. The Morgan fingerprint density at radius 2 is 2.25 bits per heavy atom. The summed E-state index contributed by atoms with van der Waals surface area (Å²) in [5, 5.41) is 0. The maximum absolute atomic E-state index is 13.4. The lowest BCUT2D eigenvalue weighted by atomic mass is 10.2. The van der Waals surface area contributed by atoms with Gasteiger partial charge in [-0.05, 0) is 47.1 Å². The lowest BCUT2D eigenvalue weighted by molar-refractivity contribution is 0.627. The van der Waals surface area contributed by atoms with Crippen LogP contribution in [-0.4, -0.2) is 12.5 Å². The van der Waals surface area contributed by atoms with Crippen molar-refractivity contribution in [3.05, 3.63) is 50.4 Å². The third-order valence-corrected chi connectivity index (χ3v) is 5.51. The van der Waals surface area contributed by atoms with Crippen LogP contribution in [0.25, 0.3) is 0 Å². The predicted molar refractivity (Wildman–Crippen MR) is 84.9 cm³/mol. The molecule has 1 aliphatic rings. The second kappa shape index (κ2) is 5.18. The number of guanidine groups is 1. The molecule has 2 heterocycles. The van der Waals surface area contributed by atoms with E-state index in [1.165, 1.54) is 21.9 Å². The van der Waals surface area contributed by atoms with Gasteiger partial charge in [-0.3, -0.25) is 4.99 Å². The molecule has 0 amide bonds. The first-order valence-corrected chi connectivity index (χ1v) is 7.78. The Hall–Kier alpha value is -1.40. The molecule has 0 radical (unpaired) electrons. The van der Waals surface area contributed by atoms with Crippen LogP contribution in [0.1, 0.15) is 15.8 Å². The lowest BCUT2D eigenvalue weighted by Gasteiger charge is -2.25. The summed E-state index contributed by atoms with van der Waals surface area (Å²) >= 11 is 5.23. The van der Waals surface area contributed by atoms with Crippen LogP contribution in [0.4, 0.5) is 10.1 Å². The fraction of sp³-hybridized carbons (Fsp3) is 0.214. The van der Waals surface area contributed by atoms with Crippen molar-refractivity contribution in [3.63, 3.8) is 0 Å².